The average Bonchev–Trinajstić information content (AvgIpc) is 2.72. The van der Waals surface area contributed by atoms with Crippen LogP contribution in [0.15, 0.2) is 53.4 Å². The van der Waals surface area contributed by atoms with Gasteiger partial charge < -0.3 is 10.2 Å². The van der Waals surface area contributed by atoms with Crippen LogP contribution in [0.1, 0.15) is 25.5 Å². The SMILES string of the molecule is CC(C)[C@@H](Nc1ccc(S(=O)(=O)N2CCN(C)CC2)cc1[N+](=O)[O-])c1ccccc1. The molecule has 3 rings (SSSR count). The van der Waals surface area contributed by atoms with Gasteiger partial charge in [0.25, 0.3) is 5.69 Å². The van der Waals surface area contributed by atoms with Gasteiger partial charge in [-0.25, -0.2) is 8.42 Å². The minimum Gasteiger partial charge on any atom is -0.372 e. The Morgan fingerprint density at radius 2 is 1.67 bits per heavy atom. The van der Waals surface area contributed by atoms with Gasteiger partial charge in [-0.05, 0) is 30.7 Å². The number of nitro groups is 1. The third-order valence-corrected chi connectivity index (χ3v) is 7.30. The van der Waals surface area contributed by atoms with Gasteiger partial charge in [0.05, 0.1) is 15.9 Å². The molecular formula is C21H28N4O4S. The first kappa shape index (κ1) is 22.2. The van der Waals surface area contributed by atoms with Crippen LogP contribution in [0, 0.1) is 16.0 Å². The van der Waals surface area contributed by atoms with E-state index in [9.17, 15) is 18.5 Å². The lowest BCUT2D eigenvalue weighted by Gasteiger charge is -2.31. The number of likely N-dealkylation sites (N-methyl/N-ethyl adjacent to an activating group) is 1. The maximum atomic E-state index is 13.0. The molecule has 1 aliphatic rings. The molecular weight excluding hydrogens is 404 g/mol. The van der Waals surface area contributed by atoms with E-state index in [2.05, 4.69) is 10.2 Å². The van der Waals surface area contributed by atoms with Crippen LogP contribution >= 0.6 is 0 Å². The van der Waals surface area contributed by atoms with Crippen LogP contribution in [0.25, 0.3) is 0 Å². The zero-order chi connectivity index (χ0) is 21.9. The number of hydrogen-bond acceptors (Lipinski definition) is 6. The summed E-state index contributed by atoms with van der Waals surface area (Å²) in [5, 5.41) is 15.0. The molecule has 1 fully saturated rings. The Hall–Kier alpha value is -2.49. The quantitative estimate of drug-likeness (QED) is 0.533. The number of piperazine rings is 1. The Kier molecular flexibility index (Phi) is 6.74. The highest BCUT2D eigenvalue weighted by Gasteiger charge is 2.30. The van der Waals surface area contributed by atoms with Crippen molar-refractivity contribution >= 4 is 21.4 Å². The Bertz CT molecular complexity index is 987. The van der Waals surface area contributed by atoms with Crippen molar-refractivity contribution in [2.75, 3.05) is 38.5 Å². The Morgan fingerprint density at radius 3 is 2.23 bits per heavy atom. The van der Waals surface area contributed by atoms with E-state index in [0.717, 1.165) is 5.56 Å². The molecule has 0 saturated carbocycles. The summed E-state index contributed by atoms with van der Waals surface area (Å²) in [5.74, 6) is 0.167. The van der Waals surface area contributed by atoms with E-state index in [0.29, 0.717) is 31.9 Å². The number of rotatable bonds is 7. The summed E-state index contributed by atoms with van der Waals surface area (Å²) < 4.78 is 27.4. The standard InChI is InChI=1S/C21H28N4O4S/c1-16(2)21(17-7-5-4-6-8-17)22-19-10-9-18(15-20(19)25(26)27)30(28,29)24-13-11-23(3)12-14-24/h4-10,15-16,21-22H,11-14H2,1-3H3/t21-/m1/s1. The molecule has 2 aromatic rings. The number of nitrogens with one attached hydrogen (secondary N) is 1. The highest BCUT2D eigenvalue weighted by atomic mass is 32.2. The van der Waals surface area contributed by atoms with Crippen LogP contribution in [0.5, 0.6) is 0 Å². The Labute approximate surface area is 177 Å². The fraction of sp³-hybridized carbons (Fsp3) is 0.429. The molecule has 1 aliphatic heterocycles. The predicted molar refractivity (Wildman–Crippen MR) is 117 cm³/mol. The lowest BCUT2D eigenvalue weighted by Crippen LogP contribution is -2.47. The zero-order valence-electron chi connectivity index (χ0n) is 17.5. The number of nitrogens with zero attached hydrogens (tertiary/aromatic N) is 3. The minimum absolute atomic E-state index is 0.0508. The second-order valence-electron chi connectivity index (χ2n) is 7.92. The first-order chi connectivity index (χ1) is 14.2. The first-order valence-electron chi connectivity index (χ1n) is 9.99. The summed E-state index contributed by atoms with van der Waals surface area (Å²) >= 11 is 0. The van der Waals surface area contributed by atoms with Gasteiger partial charge in [0.1, 0.15) is 5.69 Å². The fourth-order valence-corrected chi connectivity index (χ4v) is 5.03. The molecule has 1 N–H and O–H groups in total. The third kappa shape index (κ3) is 4.80. The van der Waals surface area contributed by atoms with Crippen LogP contribution in [-0.2, 0) is 10.0 Å². The van der Waals surface area contributed by atoms with E-state index in [1.54, 1.807) is 0 Å². The van der Waals surface area contributed by atoms with Gasteiger partial charge in [-0.1, -0.05) is 44.2 Å². The summed E-state index contributed by atoms with van der Waals surface area (Å²) in [5.41, 5.74) is 1.07. The van der Waals surface area contributed by atoms with Gasteiger partial charge >= 0.3 is 0 Å². The molecule has 0 radical (unpaired) electrons. The summed E-state index contributed by atoms with van der Waals surface area (Å²) in [7, 11) is -1.84. The molecule has 0 aromatic heterocycles. The van der Waals surface area contributed by atoms with Crippen molar-refractivity contribution in [3.63, 3.8) is 0 Å². The maximum Gasteiger partial charge on any atom is 0.293 e. The van der Waals surface area contributed by atoms with Crippen molar-refractivity contribution in [3.05, 3.63) is 64.2 Å². The number of nitro benzene ring substituents is 1. The monoisotopic (exact) mass is 432 g/mol. The summed E-state index contributed by atoms with van der Waals surface area (Å²) in [6, 6.07) is 13.7. The zero-order valence-corrected chi connectivity index (χ0v) is 18.3. The molecule has 9 heteroatoms. The summed E-state index contributed by atoms with van der Waals surface area (Å²) in [6.07, 6.45) is 0. The van der Waals surface area contributed by atoms with Gasteiger partial charge in [-0.15, -0.1) is 0 Å². The highest BCUT2D eigenvalue weighted by molar-refractivity contribution is 7.89. The van der Waals surface area contributed by atoms with Crippen molar-refractivity contribution in [1.82, 2.24) is 9.21 Å². The molecule has 0 unspecified atom stereocenters. The third-order valence-electron chi connectivity index (χ3n) is 5.40. The highest BCUT2D eigenvalue weighted by Crippen LogP contribution is 2.34. The predicted octanol–water partition coefficient (Wildman–Crippen LogP) is 3.34. The van der Waals surface area contributed by atoms with Crippen LogP contribution in [0.2, 0.25) is 0 Å². The molecule has 0 amide bonds. The molecule has 162 valence electrons. The largest absolute Gasteiger partial charge is 0.372 e. The van der Waals surface area contributed by atoms with Gasteiger partial charge in [0, 0.05) is 32.2 Å². The number of benzene rings is 2. The van der Waals surface area contributed by atoms with Gasteiger partial charge in [0.2, 0.25) is 10.0 Å². The number of hydrogen-bond donors (Lipinski definition) is 1. The van der Waals surface area contributed by atoms with Crippen molar-refractivity contribution in [2.45, 2.75) is 24.8 Å². The molecule has 2 aromatic carbocycles. The van der Waals surface area contributed by atoms with Crippen LogP contribution < -0.4 is 5.32 Å². The van der Waals surface area contributed by atoms with Crippen LogP contribution in [0.4, 0.5) is 11.4 Å². The fourth-order valence-electron chi connectivity index (χ4n) is 3.59. The average molecular weight is 433 g/mol. The summed E-state index contributed by atoms with van der Waals surface area (Å²) in [4.78, 5) is 13.2. The van der Waals surface area contributed by atoms with E-state index in [4.69, 9.17) is 0 Å². The van der Waals surface area contributed by atoms with E-state index >= 15 is 0 Å². The number of anilines is 1. The van der Waals surface area contributed by atoms with Crippen molar-refractivity contribution in [3.8, 4) is 0 Å². The van der Waals surface area contributed by atoms with E-state index in [-0.39, 0.29) is 22.5 Å². The smallest absolute Gasteiger partial charge is 0.293 e. The Morgan fingerprint density at radius 1 is 1.03 bits per heavy atom. The molecule has 1 heterocycles. The lowest BCUT2D eigenvalue weighted by atomic mass is 9.95. The lowest BCUT2D eigenvalue weighted by molar-refractivity contribution is -0.384. The molecule has 0 bridgehead atoms. The first-order valence-corrected chi connectivity index (χ1v) is 11.4. The second kappa shape index (κ2) is 9.11. The number of sulfonamides is 1. The van der Waals surface area contributed by atoms with Crippen LogP contribution in [-0.4, -0.2) is 55.8 Å². The van der Waals surface area contributed by atoms with Gasteiger partial charge in [0.15, 0.2) is 0 Å². The van der Waals surface area contributed by atoms with Crippen LogP contribution in [0.3, 0.4) is 0 Å². The minimum atomic E-state index is -3.78. The molecule has 0 aliphatic carbocycles. The molecule has 8 nitrogen and oxygen atoms in total. The topological polar surface area (TPSA) is 95.8 Å². The summed E-state index contributed by atoms with van der Waals surface area (Å²) in [6.45, 7) is 6.07. The molecule has 30 heavy (non-hydrogen) atoms. The van der Waals surface area contributed by atoms with E-state index < -0.39 is 14.9 Å². The van der Waals surface area contributed by atoms with E-state index in [1.165, 1.54) is 22.5 Å². The normalized spacial score (nSPS) is 17.1. The molecule has 1 atom stereocenters. The molecule has 1 saturated heterocycles. The van der Waals surface area contributed by atoms with Crippen molar-refractivity contribution in [1.29, 1.82) is 0 Å². The maximum absolute atomic E-state index is 13.0. The van der Waals surface area contributed by atoms with Gasteiger partial charge in [-0.3, -0.25) is 10.1 Å². The van der Waals surface area contributed by atoms with E-state index in [1.807, 2.05) is 51.2 Å². The van der Waals surface area contributed by atoms with Gasteiger partial charge in [-0.2, -0.15) is 4.31 Å². The van der Waals surface area contributed by atoms with Crippen molar-refractivity contribution < 1.29 is 13.3 Å². The van der Waals surface area contributed by atoms with Crippen molar-refractivity contribution in [2.24, 2.45) is 5.92 Å². The molecule has 0 spiro atoms. The second-order valence-corrected chi connectivity index (χ2v) is 9.86. The Balaban J connectivity index is 1.93.